The fraction of sp³-hybridized carbons (Fsp3) is 0.579. The zero-order chi connectivity index (χ0) is 18.5. The molecule has 1 N–H and O–H groups in total. The molecule has 25 heavy (non-hydrogen) atoms. The molecule has 0 aromatic heterocycles. The Bertz CT molecular complexity index is 561. The standard InChI is InChI=1S/C19H28O6/c1-18(2,20)25-16(11-15-13-23-19(3,4)24-15)17(21-5)22-12-14-9-7-6-8-10-14/h6-11,16-17,20H,12-13H2,1-5H3/b15-11-/t16-,17?/m1/s1. The van der Waals surface area contributed by atoms with E-state index in [1.165, 1.54) is 7.11 Å². The minimum atomic E-state index is -1.36. The molecular weight excluding hydrogens is 324 g/mol. The zero-order valence-corrected chi connectivity index (χ0v) is 15.5. The second-order valence-electron chi connectivity index (χ2n) is 6.85. The van der Waals surface area contributed by atoms with Gasteiger partial charge in [-0.05, 0) is 25.5 Å². The first-order valence-electron chi connectivity index (χ1n) is 8.31. The molecule has 2 rings (SSSR count). The van der Waals surface area contributed by atoms with Gasteiger partial charge in [-0.25, -0.2) is 0 Å². The van der Waals surface area contributed by atoms with E-state index in [4.69, 9.17) is 23.7 Å². The van der Waals surface area contributed by atoms with Gasteiger partial charge in [0.25, 0.3) is 0 Å². The van der Waals surface area contributed by atoms with Crippen LogP contribution in [-0.2, 0) is 30.3 Å². The number of hydrogen-bond acceptors (Lipinski definition) is 6. The van der Waals surface area contributed by atoms with Gasteiger partial charge in [0.2, 0.25) is 5.79 Å². The molecule has 0 amide bonds. The lowest BCUT2D eigenvalue weighted by molar-refractivity contribution is -0.261. The van der Waals surface area contributed by atoms with Crippen LogP contribution < -0.4 is 0 Å². The third-order valence-electron chi connectivity index (χ3n) is 3.47. The minimum absolute atomic E-state index is 0.327. The Kier molecular flexibility index (Phi) is 6.59. The molecule has 0 spiro atoms. The summed E-state index contributed by atoms with van der Waals surface area (Å²) in [5, 5.41) is 10.1. The molecule has 1 fully saturated rings. The molecular formula is C19H28O6. The summed E-state index contributed by atoms with van der Waals surface area (Å²) >= 11 is 0. The van der Waals surface area contributed by atoms with Crippen molar-refractivity contribution in [3.63, 3.8) is 0 Å². The number of benzene rings is 1. The van der Waals surface area contributed by atoms with Crippen molar-refractivity contribution in [2.45, 2.75) is 58.3 Å². The van der Waals surface area contributed by atoms with Crippen LogP contribution in [0.25, 0.3) is 0 Å². The molecule has 0 radical (unpaired) electrons. The fourth-order valence-electron chi connectivity index (χ4n) is 2.44. The molecule has 6 nitrogen and oxygen atoms in total. The van der Waals surface area contributed by atoms with Crippen molar-refractivity contribution in [2.75, 3.05) is 13.7 Å². The molecule has 0 saturated carbocycles. The van der Waals surface area contributed by atoms with E-state index in [-0.39, 0.29) is 0 Å². The molecule has 1 unspecified atom stereocenters. The molecule has 0 bridgehead atoms. The molecule has 1 aromatic rings. The van der Waals surface area contributed by atoms with E-state index in [0.717, 1.165) is 5.56 Å². The van der Waals surface area contributed by atoms with Crippen LogP contribution in [0.3, 0.4) is 0 Å². The number of methoxy groups -OCH3 is 1. The molecule has 6 heteroatoms. The molecule has 1 heterocycles. The Morgan fingerprint density at radius 3 is 2.48 bits per heavy atom. The van der Waals surface area contributed by atoms with E-state index in [1.54, 1.807) is 19.9 Å². The highest BCUT2D eigenvalue weighted by molar-refractivity contribution is 5.13. The first-order valence-corrected chi connectivity index (χ1v) is 8.31. The minimum Gasteiger partial charge on any atom is -0.465 e. The van der Waals surface area contributed by atoms with E-state index in [9.17, 15) is 5.11 Å². The third-order valence-corrected chi connectivity index (χ3v) is 3.47. The number of ether oxygens (including phenoxy) is 5. The molecule has 1 aliphatic heterocycles. The fourth-order valence-corrected chi connectivity index (χ4v) is 2.44. The summed E-state index contributed by atoms with van der Waals surface area (Å²) in [6, 6.07) is 9.76. The van der Waals surface area contributed by atoms with Gasteiger partial charge in [-0.1, -0.05) is 30.3 Å². The van der Waals surface area contributed by atoms with Crippen LogP contribution in [-0.4, -0.2) is 42.8 Å². The highest BCUT2D eigenvalue weighted by Gasteiger charge is 2.33. The smallest absolute Gasteiger partial charge is 0.204 e. The first-order chi connectivity index (χ1) is 11.7. The lowest BCUT2D eigenvalue weighted by Crippen LogP contribution is -2.39. The van der Waals surface area contributed by atoms with Crippen LogP contribution in [0.2, 0.25) is 0 Å². The maximum Gasteiger partial charge on any atom is 0.204 e. The van der Waals surface area contributed by atoms with Crippen molar-refractivity contribution >= 4 is 0 Å². The predicted octanol–water partition coefficient (Wildman–Crippen LogP) is 2.96. The molecule has 140 valence electrons. The number of aliphatic hydroxyl groups is 1. The topological polar surface area (TPSA) is 66.4 Å². The predicted molar refractivity (Wildman–Crippen MR) is 92.4 cm³/mol. The SMILES string of the molecule is COC(OCc1ccccc1)[C@@H](/C=C1/COC(C)(C)O1)OC(C)(C)O. The van der Waals surface area contributed by atoms with Crippen molar-refractivity contribution < 1.29 is 28.8 Å². The monoisotopic (exact) mass is 352 g/mol. The van der Waals surface area contributed by atoms with Crippen LogP contribution in [0.1, 0.15) is 33.3 Å². The molecule has 1 aromatic carbocycles. The van der Waals surface area contributed by atoms with Crippen molar-refractivity contribution in [1.29, 1.82) is 0 Å². The first kappa shape index (κ1) is 19.9. The van der Waals surface area contributed by atoms with Crippen LogP contribution in [0.15, 0.2) is 42.2 Å². The van der Waals surface area contributed by atoms with Crippen molar-refractivity contribution in [2.24, 2.45) is 0 Å². The van der Waals surface area contributed by atoms with E-state index < -0.39 is 24.0 Å². The number of rotatable bonds is 8. The van der Waals surface area contributed by atoms with Gasteiger partial charge in [0.05, 0.1) is 6.61 Å². The van der Waals surface area contributed by atoms with Gasteiger partial charge in [0, 0.05) is 21.0 Å². The van der Waals surface area contributed by atoms with Gasteiger partial charge in [-0.15, -0.1) is 0 Å². The van der Waals surface area contributed by atoms with Crippen molar-refractivity contribution in [1.82, 2.24) is 0 Å². The van der Waals surface area contributed by atoms with E-state index in [0.29, 0.717) is 19.0 Å². The second kappa shape index (κ2) is 8.29. The summed E-state index contributed by atoms with van der Waals surface area (Å²) in [6.45, 7) is 7.46. The summed E-state index contributed by atoms with van der Waals surface area (Å²) < 4.78 is 28.2. The summed E-state index contributed by atoms with van der Waals surface area (Å²) in [6.07, 6.45) is 0.346. The Hall–Kier alpha value is -1.44. The lowest BCUT2D eigenvalue weighted by Gasteiger charge is -2.30. The Morgan fingerprint density at radius 1 is 1.28 bits per heavy atom. The summed E-state index contributed by atoms with van der Waals surface area (Å²) in [5.41, 5.74) is 1.01. The Labute approximate surface area is 149 Å². The Balaban J connectivity index is 2.10. The number of hydrogen-bond donors (Lipinski definition) is 1. The summed E-state index contributed by atoms with van der Waals surface area (Å²) in [7, 11) is 1.53. The molecule has 1 aliphatic rings. The van der Waals surface area contributed by atoms with Crippen molar-refractivity contribution in [3.05, 3.63) is 47.7 Å². The maximum atomic E-state index is 10.1. The van der Waals surface area contributed by atoms with Crippen LogP contribution in [0.5, 0.6) is 0 Å². The van der Waals surface area contributed by atoms with Crippen LogP contribution >= 0.6 is 0 Å². The average Bonchev–Trinajstić information content (AvgIpc) is 2.86. The molecule has 2 atom stereocenters. The van der Waals surface area contributed by atoms with Gasteiger partial charge in [0.15, 0.2) is 12.1 Å². The Morgan fingerprint density at radius 2 is 1.96 bits per heavy atom. The van der Waals surface area contributed by atoms with Gasteiger partial charge in [-0.2, -0.15) is 0 Å². The highest BCUT2D eigenvalue weighted by Crippen LogP contribution is 2.27. The van der Waals surface area contributed by atoms with E-state index >= 15 is 0 Å². The largest absolute Gasteiger partial charge is 0.465 e. The van der Waals surface area contributed by atoms with Gasteiger partial charge in [0.1, 0.15) is 18.5 Å². The van der Waals surface area contributed by atoms with Crippen molar-refractivity contribution in [3.8, 4) is 0 Å². The summed E-state index contributed by atoms with van der Waals surface area (Å²) in [5.74, 6) is -1.42. The second-order valence-corrected chi connectivity index (χ2v) is 6.85. The third kappa shape index (κ3) is 6.76. The normalized spacial score (nSPS) is 21.1. The maximum absolute atomic E-state index is 10.1. The lowest BCUT2D eigenvalue weighted by atomic mass is 10.2. The van der Waals surface area contributed by atoms with Gasteiger partial charge >= 0.3 is 0 Å². The van der Waals surface area contributed by atoms with Gasteiger partial charge < -0.3 is 28.8 Å². The van der Waals surface area contributed by atoms with E-state index in [2.05, 4.69) is 0 Å². The molecule has 0 aliphatic carbocycles. The summed E-state index contributed by atoms with van der Waals surface area (Å²) in [4.78, 5) is 0. The quantitative estimate of drug-likeness (QED) is 0.726. The van der Waals surface area contributed by atoms with Gasteiger partial charge in [-0.3, -0.25) is 0 Å². The average molecular weight is 352 g/mol. The van der Waals surface area contributed by atoms with E-state index in [1.807, 2.05) is 44.2 Å². The van der Waals surface area contributed by atoms with Crippen LogP contribution in [0, 0.1) is 0 Å². The van der Waals surface area contributed by atoms with Crippen LogP contribution in [0.4, 0.5) is 0 Å². The molecule has 1 saturated heterocycles. The highest BCUT2D eigenvalue weighted by atomic mass is 16.7. The zero-order valence-electron chi connectivity index (χ0n) is 15.5.